The van der Waals surface area contributed by atoms with Crippen molar-refractivity contribution in [3.63, 3.8) is 0 Å². The van der Waals surface area contributed by atoms with Gasteiger partial charge in [-0.25, -0.2) is 4.68 Å². The van der Waals surface area contributed by atoms with E-state index in [0.29, 0.717) is 17.5 Å². The van der Waals surface area contributed by atoms with Crippen LogP contribution in [0.5, 0.6) is 0 Å². The lowest BCUT2D eigenvalue weighted by atomic mass is 10.0. The van der Waals surface area contributed by atoms with Crippen molar-refractivity contribution in [2.24, 2.45) is 0 Å². The zero-order chi connectivity index (χ0) is 20.2. The summed E-state index contributed by atoms with van der Waals surface area (Å²) in [5, 5.41) is 8.50. The molecule has 1 saturated heterocycles. The van der Waals surface area contributed by atoms with E-state index in [4.69, 9.17) is 9.52 Å². The minimum Gasteiger partial charge on any atom is -0.472 e. The van der Waals surface area contributed by atoms with Gasteiger partial charge in [0.2, 0.25) is 0 Å². The van der Waals surface area contributed by atoms with Crippen LogP contribution in [0.1, 0.15) is 54.2 Å². The molecule has 2 aromatic heterocycles. The van der Waals surface area contributed by atoms with Crippen LogP contribution in [0.2, 0.25) is 0 Å². The van der Waals surface area contributed by atoms with E-state index in [1.807, 2.05) is 27.8 Å². The quantitative estimate of drug-likeness (QED) is 0.689. The number of benzene rings is 1. The van der Waals surface area contributed by atoms with Gasteiger partial charge >= 0.3 is 0 Å². The average Bonchev–Trinajstić information content (AvgIpc) is 3.43. The maximum Gasteiger partial charge on any atom is 0.257 e. The Balaban J connectivity index is 1.36. The smallest absolute Gasteiger partial charge is 0.257 e. The first kappa shape index (κ1) is 19.5. The predicted molar refractivity (Wildman–Crippen MR) is 112 cm³/mol. The number of aromatic nitrogens is 2. The highest BCUT2D eigenvalue weighted by atomic mass is 16.3. The summed E-state index contributed by atoms with van der Waals surface area (Å²) in [6.45, 7) is 6.69. The molecule has 29 heavy (non-hydrogen) atoms. The molecule has 1 aliphatic rings. The topological polar surface area (TPSA) is 63.3 Å². The zero-order valence-corrected chi connectivity index (χ0v) is 17.0. The molecule has 1 N–H and O–H groups in total. The number of carbonyl (C=O) groups excluding carboxylic acids is 1. The van der Waals surface area contributed by atoms with Crippen molar-refractivity contribution in [2.75, 3.05) is 13.1 Å². The van der Waals surface area contributed by atoms with Crippen LogP contribution in [0, 0.1) is 0 Å². The van der Waals surface area contributed by atoms with Crippen LogP contribution in [-0.2, 0) is 6.54 Å². The van der Waals surface area contributed by atoms with Gasteiger partial charge in [0.1, 0.15) is 6.26 Å². The van der Waals surface area contributed by atoms with Gasteiger partial charge in [0.15, 0.2) is 0 Å². The van der Waals surface area contributed by atoms with Crippen LogP contribution in [0.15, 0.2) is 59.5 Å². The Hall–Kier alpha value is -2.86. The molecule has 3 heterocycles. The maximum atomic E-state index is 12.4. The fourth-order valence-electron chi connectivity index (χ4n) is 3.87. The molecule has 1 aromatic carbocycles. The van der Waals surface area contributed by atoms with Crippen LogP contribution in [0.4, 0.5) is 0 Å². The monoisotopic (exact) mass is 392 g/mol. The highest BCUT2D eigenvalue weighted by Crippen LogP contribution is 2.21. The summed E-state index contributed by atoms with van der Waals surface area (Å²) >= 11 is 0. The number of nitrogens with zero attached hydrogens (tertiary/aromatic N) is 3. The Morgan fingerprint density at radius 2 is 1.97 bits per heavy atom. The van der Waals surface area contributed by atoms with Crippen molar-refractivity contribution in [3.8, 4) is 5.69 Å². The molecule has 6 nitrogen and oxygen atoms in total. The number of likely N-dealkylation sites (tertiary alicyclic amines) is 1. The molecule has 0 unspecified atom stereocenters. The standard InChI is InChI=1S/C23H28N4O2/c1-17(2)22-19(15-27(25-22)21-6-4-3-5-7-21)14-24-20-8-11-26(12-9-20)23(28)18-10-13-29-16-18/h3-7,10,13,15-17,20,24H,8-9,11-12,14H2,1-2H3. The molecule has 0 atom stereocenters. The second kappa shape index (κ2) is 8.66. The SMILES string of the molecule is CC(C)c1nn(-c2ccccc2)cc1CNC1CCN(C(=O)c2ccoc2)CC1. The first-order chi connectivity index (χ1) is 14.1. The average molecular weight is 393 g/mol. The summed E-state index contributed by atoms with van der Waals surface area (Å²) < 4.78 is 7.00. The van der Waals surface area contributed by atoms with Crippen LogP contribution < -0.4 is 5.32 Å². The van der Waals surface area contributed by atoms with Gasteiger partial charge in [-0.15, -0.1) is 0 Å². The zero-order valence-electron chi connectivity index (χ0n) is 17.0. The fourth-order valence-corrected chi connectivity index (χ4v) is 3.87. The lowest BCUT2D eigenvalue weighted by Crippen LogP contribution is -2.44. The predicted octanol–water partition coefficient (Wildman–Crippen LogP) is 3.98. The van der Waals surface area contributed by atoms with E-state index in [0.717, 1.165) is 43.9 Å². The number of carbonyl (C=O) groups is 1. The Bertz CT molecular complexity index is 923. The molecule has 0 radical (unpaired) electrons. The van der Waals surface area contributed by atoms with Gasteiger partial charge in [-0.3, -0.25) is 4.79 Å². The van der Waals surface area contributed by atoms with Crippen molar-refractivity contribution in [2.45, 2.75) is 45.2 Å². The van der Waals surface area contributed by atoms with Gasteiger partial charge in [0.05, 0.1) is 23.2 Å². The molecule has 0 spiro atoms. The Labute approximate surface area is 171 Å². The van der Waals surface area contributed by atoms with Crippen molar-refractivity contribution in [3.05, 3.63) is 71.9 Å². The molecule has 1 amide bonds. The molecular weight excluding hydrogens is 364 g/mol. The molecule has 1 aliphatic heterocycles. The Kier molecular flexibility index (Phi) is 5.81. The van der Waals surface area contributed by atoms with E-state index in [2.05, 4.69) is 37.5 Å². The lowest BCUT2D eigenvalue weighted by Gasteiger charge is -2.32. The van der Waals surface area contributed by atoms with Gasteiger partial charge < -0.3 is 14.6 Å². The van der Waals surface area contributed by atoms with Crippen LogP contribution in [0.3, 0.4) is 0 Å². The molecule has 6 heteroatoms. The summed E-state index contributed by atoms with van der Waals surface area (Å²) in [6.07, 6.45) is 7.10. The summed E-state index contributed by atoms with van der Waals surface area (Å²) in [5.41, 5.74) is 4.08. The molecule has 0 bridgehead atoms. The summed E-state index contributed by atoms with van der Waals surface area (Å²) in [4.78, 5) is 14.4. The Morgan fingerprint density at radius 3 is 2.62 bits per heavy atom. The second-order valence-corrected chi connectivity index (χ2v) is 7.93. The minimum absolute atomic E-state index is 0.0587. The summed E-state index contributed by atoms with van der Waals surface area (Å²) in [6, 6.07) is 12.4. The van der Waals surface area contributed by atoms with Gasteiger partial charge in [-0.2, -0.15) is 5.10 Å². The molecule has 1 fully saturated rings. The maximum absolute atomic E-state index is 12.4. The van der Waals surface area contributed by atoms with Gasteiger partial charge in [-0.1, -0.05) is 32.0 Å². The summed E-state index contributed by atoms with van der Waals surface area (Å²) in [5.74, 6) is 0.426. The first-order valence-electron chi connectivity index (χ1n) is 10.3. The normalized spacial score (nSPS) is 15.2. The van der Waals surface area contributed by atoms with E-state index in [1.165, 1.54) is 11.8 Å². The van der Waals surface area contributed by atoms with Gasteiger partial charge in [0.25, 0.3) is 5.91 Å². The fraction of sp³-hybridized carbons (Fsp3) is 0.391. The molecule has 0 aliphatic carbocycles. The largest absolute Gasteiger partial charge is 0.472 e. The highest BCUT2D eigenvalue weighted by molar-refractivity contribution is 5.93. The van der Waals surface area contributed by atoms with E-state index >= 15 is 0 Å². The van der Waals surface area contributed by atoms with Crippen molar-refractivity contribution in [1.82, 2.24) is 20.0 Å². The van der Waals surface area contributed by atoms with Gasteiger partial charge in [-0.05, 0) is 37.0 Å². The third-order valence-corrected chi connectivity index (χ3v) is 5.52. The third-order valence-electron chi connectivity index (χ3n) is 5.52. The number of hydrogen-bond acceptors (Lipinski definition) is 4. The second-order valence-electron chi connectivity index (χ2n) is 7.93. The van der Waals surface area contributed by atoms with E-state index < -0.39 is 0 Å². The number of nitrogens with one attached hydrogen (secondary N) is 1. The van der Waals surface area contributed by atoms with Crippen LogP contribution in [-0.4, -0.2) is 39.7 Å². The molecule has 4 rings (SSSR count). The lowest BCUT2D eigenvalue weighted by molar-refractivity contribution is 0.0704. The minimum atomic E-state index is 0.0587. The van der Waals surface area contributed by atoms with Crippen molar-refractivity contribution < 1.29 is 9.21 Å². The first-order valence-corrected chi connectivity index (χ1v) is 10.3. The number of piperidine rings is 1. The molecular formula is C23H28N4O2. The number of furan rings is 1. The van der Waals surface area contributed by atoms with Crippen molar-refractivity contribution in [1.29, 1.82) is 0 Å². The number of para-hydroxylation sites is 1. The van der Waals surface area contributed by atoms with E-state index in [9.17, 15) is 4.79 Å². The van der Waals surface area contributed by atoms with Crippen LogP contribution in [0.25, 0.3) is 5.69 Å². The molecule has 3 aromatic rings. The van der Waals surface area contributed by atoms with E-state index in [-0.39, 0.29) is 5.91 Å². The van der Waals surface area contributed by atoms with Crippen molar-refractivity contribution >= 4 is 5.91 Å². The van der Waals surface area contributed by atoms with Crippen LogP contribution >= 0.6 is 0 Å². The molecule has 152 valence electrons. The van der Waals surface area contributed by atoms with E-state index in [1.54, 1.807) is 12.3 Å². The molecule has 0 saturated carbocycles. The number of hydrogen-bond donors (Lipinski definition) is 1. The number of rotatable bonds is 6. The highest BCUT2D eigenvalue weighted by Gasteiger charge is 2.24. The number of amides is 1. The third kappa shape index (κ3) is 4.43. The van der Waals surface area contributed by atoms with Gasteiger partial charge in [0, 0.05) is 37.4 Å². The summed E-state index contributed by atoms with van der Waals surface area (Å²) in [7, 11) is 0. The Morgan fingerprint density at radius 1 is 1.21 bits per heavy atom.